The second-order valence-electron chi connectivity index (χ2n) is 6.27. The molecule has 0 saturated carbocycles. The fourth-order valence-electron chi connectivity index (χ4n) is 3.07. The van der Waals surface area contributed by atoms with E-state index in [1.807, 2.05) is 23.6 Å². The van der Waals surface area contributed by atoms with Crippen LogP contribution in [0, 0.1) is 0 Å². The van der Waals surface area contributed by atoms with E-state index in [0.29, 0.717) is 42.6 Å². The summed E-state index contributed by atoms with van der Waals surface area (Å²) in [5.74, 6) is 0.456. The van der Waals surface area contributed by atoms with Gasteiger partial charge in [0.05, 0.1) is 24.4 Å². The van der Waals surface area contributed by atoms with E-state index in [2.05, 4.69) is 11.9 Å². The third kappa shape index (κ3) is 4.48. The fraction of sp³-hybridized carbons (Fsp3) is 0.300. The second kappa shape index (κ2) is 9.12. The molecule has 0 bridgehead atoms. The van der Waals surface area contributed by atoms with Gasteiger partial charge in [-0.3, -0.25) is 9.59 Å². The number of piperazine rings is 1. The summed E-state index contributed by atoms with van der Waals surface area (Å²) in [4.78, 5) is 28.7. The maximum absolute atomic E-state index is 12.6. The van der Waals surface area contributed by atoms with Gasteiger partial charge in [-0.25, -0.2) is 0 Å². The lowest BCUT2D eigenvalue weighted by Gasteiger charge is -2.34. The molecule has 3 rings (SSSR count). The molecule has 2 aromatic rings. The van der Waals surface area contributed by atoms with Gasteiger partial charge >= 0.3 is 0 Å². The molecule has 0 spiro atoms. The summed E-state index contributed by atoms with van der Waals surface area (Å²) in [6, 6.07) is 7.62. The number of carbonyl (C=O) groups excluding carboxylic acids is 2. The monoisotopic (exact) mass is 419 g/mol. The van der Waals surface area contributed by atoms with Crippen molar-refractivity contribution in [2.24, 2.45) is 0 Å². The molecule has 0 aliphatic carbocycles. The van der Waals surface area contributed by atoms with E-state index in [1.165, 1.54) is 6.08 Å². The van der Waals surface area contributed by atoms with E-state index < -0.39 is 0 Å². The number of hydrogen-bond donors (Lipinski definition) is 1. The lowest BCUT2D eigenvalue weighted by molar-refractivity contribution is -0.135. The van der Waals surface area contributed by atoms with Gasteiger partial charge in [0.2, 0.25) is 11.8 Å². The molecule has 1 aliphatic rings. The van der Waals surface area contributed by atoms with Crippen LogP contribution in [0.15, 0.2) is 42.3 Å². The van der Waals surface area contributed by atoms with Crippen molar-refractivity contribution in [3.63, 3.8) is 0 Å². The maximum Gasteiger partial charge on any atom is 0.246 e. The number of halogens is 1. The normalized spacial score (nSPS) is 13.9. The zero-order valence-corrected chi connectivity index (χ0v) is 17.2. The average Bonchev–Trinajstić information content (AvgIpc) is 3.26. The lowest BCUT2D eigenvalue weighted by atomic mass is 10.1. The number of nitrogens with one attached hydrogen (secondary N) is 1. The molecule has 1 fully saturated rings. The molecule has 28 heavy (non-hydrogen) atoms. The van der Waals surface area contributed by atoms with Gasteiger partial charge in [0, 0.05) is 42.7 Å². The van der Waals surface area contributed by atoms with Gasteiger partial charge < -0.3 is 19.9 Å². The SMILES string of the molecule is C=CC(=O)N1CCN(C(=O)CNc2cc(-c3cccs3)c(Cl)cc2OC)CC1. The van der Waals surface area contributed by atoms with Crippen LogP contribution in [0.1, 0.15) is 0 Å². The molecular formula is C20H22ClN3O3S. The molecule has 1 aromatic heterocycles. The Balaban J connectivity index is 1.65. The fourth-order valence-corrected chi connectivity index (χ4v) is 4.14. The quantitative estimate of drug-likeness (QED) is 0.729. The molecule has 1 saturated heterocycles. The van der Waals surface area contributed by atoms with Crippen molar-refractivity contribution >= 4 is 40.4 Å². The van der Waals surface area contributed by atoms with Crippen LogP contribution in [-0.2, 0) is 9.59 Å². The molecule has 148 valence electrons. The van der Waals surface area contributed by atoms with E-state index in [0.717, 1.165) is 10.4 Å². The Kier molecular flexibility index (Phi) is 6.59. The summed E-state index contributed by atoms with van der Waals surface area (Å²) >= 11 is 7.99. The summed E-state index contributed by atoms with van der Waals surface area (Å²) in [6.45, 7) is 5.69. The number of carbonyl (C=O) groups is 2. The van der Waals surface area contributed by atoms with Gasteiger partial charge in [0.25, 0.3) is 0 Å². The zero-order chi connectivity index (χ0) is 20.1. The van der Waals surface area contributed by atoms with Crippen LogP contribution >= 0.6 is 22.9 Å². The third-order valence-electron chi connectivity index (χ3n) is 4.62. The smallest absolute Gasteiger partial charge is 0.246 e. The molecule has 1 aromatic carbocycles. The van der Waals surface area contributed by atoms with Crippen LogP contribution in [0.5, 0.6) is 5.75 Å². The minimum absolute atomic E-state index is 0.0274. The van der Waals surface area contributed by atoms with E-state index in [-0.39, 0.29) is 18.4 Å². The van der Waals surface area contributed by atoms with Gasteiger partial charge in [-0.1, -0.05) is 24.2 Å². The molecule has 1 N–H and O–H groups in total. The standard InChI is InChI=1S/C20H22ClN3O3S/c1-3-19(25)23-6-8-24(9-7-23)20(26)13-22-16-11-14(18-5-4-10-28-18)15(21)12-17(16)27-2/h3-5,10-12,22H,1,6-9,13H2,2H3. The molecule has 0 unspecified atom stereocenters. The summed E-state index contributed by atoms with van der Waals surface area (Å²) < 4.78 is 5.41. The van der Waals surface area contributed by atoms with Crippen molar-refractivity contribution in [2.75, 3.05) is 45.2 Å². The average molecular weight is 420 g/mol. The van der Waals surface area contributed by atoms with Crippen molar-refractivity contribution in [1.82, 2.24) is 9.80 Å². The van der Waals surface area contributed by atoms with E-state index in [1.54, 1.807) is 34.3 Å². The van der Waals surface area contributed by atoms with Crippen LogP contribution in [0.4, 0.5) is 5.69 Å². The van der Waals surface area contributed by atoms with Crippen LogP contribution in [0.3, 0.4) is 0 Å². The number of rotatable bonds is 6. The summed E-state index contributed by atoms with van der Waals surface area (Å²) in [5.41, 5.74) is 1.60. The highest BCUT2D eigenvalue weighted by molar-refractivity contribution is 7.13. The van der Waals surface area contributed by atoms with E-state index >= 15 is 0 Å². The third-order valence-corrected chi connectivity index (χ3v) is 5.84. The number of benzene rings is 1. The number of anilines is 1. The highest BCUT2D eigenvalue weighted by Crippen LogP contribution is 2.38. The predicted molar refractivity (Wildman–Crippen MR) is 113 cm³/mol. The molecular weight excluding hydrogens is 398 g/mol. The van der Waals surface area contributed by atoms with Crippen molar-refractivity contribution in [3.8, 4) is 16.2 Å². The van der Waals surface area contributed by atoms with E-state index in [9.17, 15) is 9.59 Å². The lowest BCUT2D eigenvalue weighted by Crippen LogP contribution is -2.51. The Morgan fingerprint density at radius 2 is 2.00 bits per heavy atom. The first kappa shape index (κ1) is 20.2. The van der Waals surface area contributed by atoms with Gasteiger partial charge in [-0.2, -0.15) is 0 Å². The Bertz CT molecular complexity index is 862. The molecule has 0 atom stereocenters. The summed E-state index contributed by atoms with van der Waals surface area (Å²) in [6.07, 6.45) is 1.30. The van der Waals surface area contributed by atoms with Gasteiger partial charge in [0.1, 0.15) is 5.75 Å². The van der Waals surface area contributed by atoms with Gasteiger partial charge in [-0.05, 0) is 23.6 Å². The number of hydrogen-bond acceptors (Lipinski definition) is 5. The molecule has 1 aliphatic heterocycles. The Hall–Kier alpha value is -2.51. The molecule has 0 radical (unpaired) electrons. The Labute approximate surface area is 173 Å². The molecule has 2 heterocycles. The van der Waals surface area contributed by atoms with Gasteiger partial charge in [-0.15, -0.1) is 11.3 Å². The topological polar surface area (TPSA) is 61.9 Å². The highest BCUT2D eigenvalue weighted by Gasteiger charge is 2.23. The number of thiophene rings is 1. The zero-order valence-electron chi connectivity index (χ0n) is 15.6. The highest BCUT2D eigenvalue weighted by atomic mass is 35.5. The summed E-state index contributed by atoms with van der Waals surface area (Å²) in [5, 5.41) is 5.75. The first-order valence-corrected chi connectivity index (χ1v) is 10.1. The first-order chi connectivity index (χ1) is 13.5. The van der Waals surface area contributed by atoms with E-state index in [4.69, 9.17) is 16.3 Å². The molecule has 6 nitrogen and oxygen atoms in total. The minimum atomic E-state index is -0.0998. The van der Waals surface area contributed by atoms with Gasteiger partial charge in [0.15, 0.2) is 0 Å². The van der Waals surface area contributed by atoms with Crippen LogP contribution < -0.4 is 10.1 Å². The summed E-state index contributed by atoms with van der Waals surface area (Å²) in [7, 11) is 1.57. The van der Waals surface area contributed by atoms with Crippen molar-refractivity contribution in [3.05, 3.63) is 47.3 Å². The van der Waals surface area contributed by atoms with Crippen LogP contribution in [0.2, 0.25) is 5.02 Å². The number of ether oxygens (including phenoxy) is 1. The Morgan fingerprint density at radius 1 is 1.29 bits per heavy atom. The number of amides is 2. The van der Waals surface area contributed by atoms with Crippen LogP contribution in [-0.4, -0.2) is 61.4 Å². The minimum Gasteiger partial charge on any atom is -0.495 e. The van der Waals surface area contributed by atoms with Crippen molar-refractivity contribution in [1.29, 1.82) is 0 Å². The maximum atomic E-state index is 12.6. The van der Waals surface area contributed by atoms with Crippen molar-refractivity contribution in [2.45, 2.75) is 0 Å². The number of nitrogens with zero attached hydrogens (tertiary/aromatic N) is 2. The second-order valence-corrected chi connectivity index (χ2v) is 7.63. The molecule has 2 amide bonds. The Morgan fingerprint density at radius 3 is 2.61 bits per heavy atom. The van der Waals surface area contributed by atoms with Crippen LogP contribution in [0.25, 0.3) is 10.4 Å². The number of methoxy groups -OCH3 is 1. The molecule has 8 heteroatoms. The first-order valence-electron chi connectivity index (χ1n) is 8.88. The predicted octanol–water partition coefficient (Wildman–Crippen LogP) is 3.35. The largest absolute Gasteiger partial charge is 0.495 e. The van der Waals surface area contributed by atoms with Crippen molar-refractivity contribution < 1.29 is 14.3 Å².